The van der Waals surface area contributed by atoms with Crippen LogP contribution in [-0.4, -0.2) is 9.55 Å². The molecule has 3 nitrogen and oxygen atoms in total. The number of hydrogen-bond acceptors (Lipinski definition) is 2. The highest BCUT2D eigenvalue weighted by molar-refractivity contribution is 6.31. The minimum atomic E-state index is 0.436. The fraction of sp³-hybridized carbons (Fsp3) is 0.188. The van der Waals surface area contributed by atoms with Crippen LogP contribution in [0.5, 0.6) is 5.75 Å². The topological polar surface area (TPSA) is 27.1 Å². The van der Waals surface area contributed by atoms with E-state index in [9.17, 15) is 0 Å². The van der Waals surface area contributed by atoms with Crippen molar-refractivity contribution in [2.24, 2.45) is 7.05 Å². The van der Waals surface area contributed by atoms with Crippen molar-refractivity contribution in [2.75, 3.05) is 0 Å². The number of rotatable bonds is 3. The lowest BCUT2D eigenvalue weighted by atomic mass is 10.2. The Bertz CT molecular complexity index is 747. The van der Waals surface area contributed by atoms with Gasteiger partial charge in [0.25, 0.3) is 0 Å². The molecule has 0 spiro atoms. The molecule has 0 aliphatic rings. The minimum absolute atomic E-state index is 0.436. The number of halogens is 1. The van der Waals surface area contributed by atoms with Crippen molar-refractivity contribution in [3.63, 3.8) is 0 Å². The summed E-state index contributed by atoms with van der Waals surface area (Å²) in [5.74, 6) is 1.73. The van der Waals surface area contributed by atoms with E-state index in [2.05, 4.69) is 11.9 Å². The Labute approximate surface area is 122 Å². The first-order valence-electron chi connectivity index (χ1n) is 6.44. The van der Waals surface area contributed by atoms with Crippen molar-refractivity contribution in [1.82, 2.24) is 9.55 Å². The molecule has 3 rings (SSSR count). The quantitative estimate of drug-likeness (QED) is 0.724. The van der Waals surface area contributed by atoms with Crippen LogP contribution in [0.15, 0.2) is 42.5 Å². The highest BCUT2D eigenvalue weighted by Gasteiger charge is 2.08. The van der Waals surface area contributed by atoms with E-state index in [1.165, 1.54) is 5.56 Å². The van der Waals surface area contributed by atoms with Gasteiger partial charge in [0.1, 0.15) is 18.2 Å². The first kappa shape index (κ1) is 13.0. The minimum Gasteiger partial charge on any atom is -0.486 e. The number of aromatic nitrogens is 2. The molecular formula is C16H15ClN2O. The number of aryl methyl sites for hydroxylation is 2. The summed E-state index contributed by atoms with van der Waals surface area (Å²) in [5.41, 5.74) is 3.16. The fourth-order valence-electron chi connectivity index (χ4n) is 2.12. The zero-order valence-corrected chi connectivity index (χ0v) is 12.2. The van der Waals surface area contributed by atoms with Gasteiger partial charge in [0.05, 0.1) is 11.0 Å². The van der Waals surface area contributed by atoms with E-state index in [0.29, 0.717) is 11.6 Å². The van der Waals surface area contributed by atoms with Crippen molar-refractivity contribution < 1.29 is 4.74 Å². The molecule has 0 amide bonds. The molecule has 0 unspecified atom stereocenters. The normalized spacial score (nSPS) is 10.9. The monoisotopic (exact) mass is 286 g/mol. The largest absolute Gasteiger partial charge is 0.486 e. The lowest BCUT2D eigenvalue weighted by Crippen LogP contribution is -2.03. The van der Waals surface area contributed by atoms with Gasteiger partial charge >= 0.3 is 0 Å². The summed E-state index contributed by atoms with van der Waals surface area (Å²) >= 11 is 6.02. The highest BCUT2D eigenvalue weighted by atomic mass is 35.5. The van der Waals surface area contributed by atoms with Gasteiger partial charge in [-0.1, -0.05) is 29.3 Å². The number of imidazole rings is 1. The SMILES string of the molecule is Cc1ccc(OCc2nc3ccc(Cl)cc3n2C)cc1. The van der Waals surface area contributed by atoms with E-state index in [-0.39, 0.29) is 0 Å². The van der Waals surface area contributed by atoms with Crippen LogP contribution < -0.4 is 4.74 Å². The lowest BCUT2D eigenvalue weighted by Gasteiger charge is -2.06. The number of nitrogens with zero attached hydrogens (tertiary/aromatic N) is 2. The zero-order valence-electron chi connectivity index (χ0n) is 11.4. The second kappa shape index (κ2) is 5.17. The lowest BCUT2D eigenvalue weighted by molar-refractivity contribution is 0.292. The first-order chi connectivity index (χ1) is 9.63. The zero-order chi connectivity index (χ0) is 14.1. The summed E-state index contributed by atoms with van der Waals surface area (Å²) in [7, 11) is 1.97. The Balaban J connectivity index is 1.84. The average molecular weight is 287 g/mol. The molecule has 0 atom stereocenters. The van der Waals surface area contributed by atoms with Crippen molar-refractivity contribution in [1.29, 1.82) is 0 Å². The molecule has 1 aromatic heterocycles. The number of ether oxygens (including phenoxy) is 1. The average Bonchev–Trinajstić information content (AvgIpc) is 2.75. The van der Waals surface area contributed by atoms with Gasteiger partial charge in [-0.15, -0.1) is 0 Å². The third kappa shape index (κ3) is 2.49. The number of fused-ring (bicyclic) bond motifs is 1. The predicted molar refractivity (Wildman–Crippen MR) is 81.2 cm³/mol. The molecule has 2 aromatic carbocycles. The third-order valence-electron chi connectivity index (χ3n) is 3.32. The number of benzene rings is 2. The predicted octanol–water partition coefficient (Wildman–Crippen LogP) is 4.11. The fourth-order valence-corrected chi connectivity index (χ4v) is 2.29. The molecule has 0 N–H and O–H groups in total. The molecule has 4 heteroatoms. The summed E-state index contributed by atoms with van der Waals surface area (Å²) in [4.78, 5) is 4.57. The molecule has 3 aromatic rings. The molecule has 0 saturated carbocycles. The summed E-state index contributed by atoms with van der Waals surface area (Å²) in [5, 5.41) is 0.714. The van der Waals surface area contributed by atoms with Gasteiger partial charge in [-0.2, -0.15) is 0 Å². The smallest absolute Gasteiger partial charge is 0.147 e. The van der Waals surface area contributed by atoms with Crippen molar-refractivity contribution >= 4 is 22.6 Å². The summed E-state index contributed by atoms with van der Waals surface area (Å²) in [6, 6.07) is 13.7. The van der Waals surface area contributed by atoms with Gasteiger partial charge in [-0.3, -0.25) is 0 Å². The molecule has 0 aliphatic carbocycles. The van der Waals surface area contributed by atoms with E-state index >= 15 is 0 Å². The van der Waals surface area contributed by atoms with Crippen LogP contribution in [0.4, 0.5) is 0 Å². The van der Waals surface area contributed by atoms with E-state index < -0.39 is 0 Å². The molecular weight excluding hydrogens is 272 g/mol. The second-order valence-corrected chi connectivity index (χ2v) is 5.26. The molecule has 1 heterocycles. The van der Waals surface area contributed by atoms with Crippen molar-refractivity contribution in [2.45, 2.75) is 13.5 Å². The molecule has 0 aliphatic heterocycles. The van der Waals surface area contributed by atoms with Crippen molar-refractivity contribution in [3.05, 3.63) is 58.9 Å². The second-order valence-electron chi connectivity index (χ2n) is 4.82. The Morgan fingerprint density at radius 2 is 1.90 bits per heavy atom. The van der Waals surface area contributed by atoms with Crippen LogP contribution in [0.1, 0.15) is 11.4 Å². The molecule has 0 fully saturated rings. The van der Waals surface area contributed by atoms with Gasteiger partial charge in [-0.25, -0.2) is 4.98 Å². The maximum Gasteiger partial charge on any atom is 0.147 e. The van der Waals surface area contributed by atoms with Crippen LogP contribution in [0, 0.1) is 6.92 Å². The Morgan fingerprint density at radius 3 is 2.65 bits per heavy atom. The number of hydrogen-bond donors (Lipinski definition) is 0. The van der Waals surface area contributed by atoms with E-state index in [4.69, 9.17) is 16.3 Å². The van der Waals surface area contributed by atoms with Gasteiger partial charge in [-0.05, 0) is 37.3 Å². The maximum atomic E-state index is 6.02. The van der Waals surface area contributed by atoms with E-state index in [1.54, 1.807) is 0 Å². The Hall–Kier alpha value is -2.00. The molecule has 0 saturated heterocycles. The summed E-state index contributed by atoms with van der Waals surface area (Å²) in [6.45, 7) is 2.49. The van der Waals surface area contributed by atoms with Crippen LogP contribution in [0.25, 0.3) is 11.0 Å². The van der Waals surface area contributed by atoms with Crippen LogP contribution in [0.3, 0.4) is 0 Å². The standard InChI is InChI=1S/C16H15ClN2O/c1-11-3-6-13(7-4-11)20-10-16-18-14-8-5-12(17)9-15(14)19(16)2/h3-9H,10H2,1-2H3. The first-order valence-corrected chi connectivity index (χ1v) is 6.81. The van der Waals surface area contributed by atoms with Gasteiger partial charge in [0.2, 0.25) is 0 Å². The van der Waals surface area contributed by atoms with Gasteiger partial charge in [0, 0.05) is 12.1 Å². The van der Waals surface area contributed by atoms with Gasteiger partial charge < -0.3 is 9.30 Å². The van der Waals surface area contributed by atoms with Crippen LogP contribution >= 0.6 is 11.6 Å². The molecule has 20 heavy (non-hydrogen) atoms. The van der Waals surface area contributed by atoms with Crippen molar-refractivity contribution in [3.8, 4) is 5.75 Å². The molecule has 102 valence electrons. The summed E-state index contributed by atoms with van der Waals surface area (Å²) in [6.07, 6.45) is 0. The maximum absolute atomic E-state index is 6.02. The van der Waals surface area contributed by atoms with E-state index in [0.717, 1.165) is 22.6 Å². The molecule has 0 radical (unpaired) electrons. The Morgan fingerprint density at radius 1 is 1.15 bits per heavy atom. The van der Waals surface area contributed by atoms with Crippen LogP contribution in [0.2, 0.25) is 5.02 Å². The van der Waals surface area contributed by atoms with Crippen LogP contribution in [-0.2, 0) is 13.7 Å². The Kier molecular flexibility index (Phi) is 3.36. The van der Waals surface area contributed by atoms with E-state index in [1.807, 2.05) is 54.1 Å². The highest BCUT2D eigenvalue weighted by Crippen LogP contribution is 2.21. The molecule has 0 bridgehead atoms. The third-order valence-corrected chi connectivity index (χ3v) is 3.56. The summed E-state index contributed by atoms with van der Waals surface area (Å²) < 4.78 is 7.78. The van der Waals surface area contributed by atoms with Gasteiger partial charge in [0.15, 0.2) is 0 Å².